The number of aliphatic hydroxyl groups is 3. The Hall–Kier alpha value is -2.70. The van der Waals surface area contributed by atoms with Gasteiger partial charge >= 0.3 is 11.9 Å². The molecule has 30 heavy (non-hydrogen) atoms. The molecule has 5 N–H and O–H groups in total. The van der Waals surface area contributed by atoms with Crippen molar-refractivity contribution < 1.29 is 54.1 Å². The fourth-order valence-electron chi connectivity index (χ4n) is 2.95. The molecule has 0 aliphatic carbocycles. The van der Waals surface area contributed by atoms with E-state index in [2.05, 4.69) is 0 Å². The Balaban J connectivity index is 1.54. The maximum absolute atomic E-state index is 11.9. The van der Waals surface area contributed by atoms with E-state index in [1.807, 2.05) is 0 Å². The normalized spacial score (nSPS) is 31.6. The van der Waals surface area contributed by atoms with Crippen LogP contribution in [-0.4, -0.2) is 87.5 Å². The van der Waals surface area contributed by atoms with Crippen molar-refractivity contribution in [3.8, 4) is 11.5 Å². The molecule has 0 saturated carbocycles. The molecule has 0 spiro atoms. The lowest BCUT2D eigenvalue weighted by molar-refractivity contribution is -0.311. The highest BCUT2D eigenvalue weighted by molar-refractivity contribution is 5.87. The summed E-state index contributed by atoms with van der Waals surface area (Å²) in [5.74, 6) is -1.92. The van der Waals surface area contributed by atoms with Gasteiger partial charge in [0.2, 0.25) is 0 Å². The van der Waals surface area contributed by atoms with Crippen molar-refractivity contribution in [2.24, 2.45) is 0 Å². The third-order valence-electron chi connectivity index (χ3n) is 4.62. The minimum absolute atomic E-state index is 0.0265. The van der Waals surface area contributed by atoms with Gasteiger partial charge in [-0.2, -0.15) is 0 Å². The van der Waals surface area contributed by atoms with E-state index in [-0.39, 0.29) is 24.5 Å². The molecule has 0 bridgehead atoms. The van der Waals surface area contributed by atoms with E-state index in [9.17, 15) is 35.1 Å². The summed E-state index contributed by atoms with van der Waals surface area (Å²) in [5.41, 5.74) is 0.427. The Kier molecular flexibility index (Phi) is 6.90. The number of hydrogen-bond donors (Lipinski definition) is 5. The van der Waals surface area contributed by atoms with Crippen LogP contribution < -0.4 is 0 Å². The van der Waals surface area contributed by atoms with Crippen LogP contribution in [-0.2, 0) is 28.5 Å². The number of phenols is 2. The minimum Gasteiger partial charge on any atom is -0.504 e. The molecule has 2 fully saturated rings. The zero-order valence-electron chi connectivity index (χ0n) is 15.7. The predicted molar refractivity (Wildman–Crippen MR) is 96.9 cm³/mol. The van der Waals surface area contributed by atoms with Crippen LogP contribution in [0.1, 0.15) is 12.0 Å². The molecule has 2 aliphatic heterocycles. The van der Waals surface area contributed by atoms with Gasteiger partial charge in [0.05, 0.1) is 6.42 Å². The van der Waals surface area contributed by atoms with Gasteiger partial charge in [0, 0.05) is 6.08 Å². The lowest BCUT2D eigenvalue weighted by atomic mass is 9.99. The summed E-state index contributed by atoms with van der Waals surface area (Å²) >= 11 is 0. The van der Waals surface area contributed by atoms with Crippen molar-refractivity contribution in [3.05, 3.63) is 29.8 Å². The molecule has 2 saturated heterocycles. The number of cyclic esters (lactones) is 1. The second-order valence-electron chi connectivity index (χ2n) is 6.87. The fourth-order valence-corrected chi connectivity index (χ4v) is 2.95. The number of carbonyl (C=O) groups is 2. The third kappa shape index (κ3) is 5.26. The number of benzene rings is 1. The Bertz CT molecular complexity index is 808. The lowest BCUT2D eigenvalue weighted by Gasteiger charge is -2.40. The molecule has 6 atom stereocenters. The molecule has 1 aromatic carbocycles. The molecule has 0 radical (unpaired) electrons. The zero-order valence-corrected chi connectivity index (χ0v) is 15.7. The van der Waals surface area contributed by atoms with Crippen LogP contribution in [0.25, 0.3) is 6.08 Å². The van der Waals surface area contributed by atoms with Crippen LogP contribution in [0.3, 0.4) is 0 Å². The van der Waals surface area contributed by atoms with E-state index in [0.717, 1.165) is 6.08 Å². The first-order valence-corrected chi connectivity index (χ1v) is 9.12. The van der Waals surface area contributed by atoms with Gasteiger partial charge in [-0.25, -0.2) is 4.79 Å². The van der Waals surface area contributed by atoms with Crippen LogP contribution in [0.5, 0.6) is 11.5 Å². The standard InChI is InChI=1S/C19H22O11/c20-11-3-1-9(5-12(11)21)2-4-14(22)28-8-13-16(24)17(25)18(26)19(30-13)29-10-6-15(23)27-7-10/h1-5,10,13,16-21,24-26H,6-8H2/b4-2+/t10-,13-,16-,17+,18-,19-/m1/s1. The van der Waals surface area contributed by atoms with Crippen molar-refractivity contribution in [1.29, 1.82) is 0 Å². The minimum atomic E-state index is -1.62. The Labute approximate surface area is 170 Å². The number of aliphatic hydroxyl groups excluding tert-OH is 3. The number of ether oxygens (including phenoxy) is 4. The van der Waals surface area contributed by atoms with E-state index in [1.165, 1.54) is 24.3 Å². The van der Waals surface area contributed by atoms with Crippen LogP contribution in [0, 0.1) is 0 Å². The molecular formula is C19H22O11. The van der Waals surface area contributed by atoms with E-state index >= 15 is 0 Å². The Morgan fingerprint density at radius 2 is 1.90 bits per heavy atom. The highest BCUT2D eigenvalue weighted by atomic mass is 16.7. The summed E-state index contributed by atoms with van der Waals surface area (Å²) in [6.45, 7) is -0.476. The first-order valence-electron chi connectivity index (χ1n) is 9.12. The molecule has 11 nitrogen and oxygen atoms in total. The van der Waals surface area contributed by atoms with E-state index in [1.54, 1.807) is 0 Å². The van der Waals surface area contributed by atoms with Crippen molar-refractivity contribution in [1.82, 2.24) is 0 Å². The second kappa shape index (κ2) is 9.41. The number of aromatic hydroxyl groups is 2. The topological polar surface area (TPSA) is 172 Å². The number of esters is 2. The van der Waals surface area contributed by atoms with Crippen molar-refractivity contribution in [3.63, 3.8) is 0 Å². The SMILES string of the molecule is O=C(/C=C/c1ccc(O)c(O)c1)OC[C@H]1O[C@@H](O[C@H]2COC(=O)C2)[C@H](O)[C@@H](O)[C@@H]1O. The molecule has 0 aromatic heterocycles. The van der Waals surface area contributed by atoms with Gasteiger partial charge in [0.25, 0.3) is 0 Å². The van der Waals surface area contributed by atoms with E-state index < -0.39 is 55.4 Å². The van der Waals surface area contributed by atoms with Gasteiger partial charge in [-0.3, -0.25) is 4.79 Å². The van der Waals surface area contributed by atoms with Gasteiger partial charge in [-0.05, 0) is 23.8 Å². The molecule has 0 amide bonds. The Morgan fingerprint density at radius 3 is 2.57 bits per heavy atom. The average molecular weight is 426 g/mol. The molecular weight excluding hydrogens is 404 g/mol. The van der Waals surface area contributed by atoms with E-state index in [0.29, 0.717) is 5.56 Å². The quantitative estimate of drug-likeness (QED) is 0.210. The summed E-state index contributed by atoms with van der Waals surface area (Å²) in [6, 6.07) is 3.95. The molecule has 3 rings (SSSR count). The molecule has 164 valence electrons. The van der Waals surface area contributed by atoms with Gasteiger partial charge < -0.3 is 44.5 Å². The van der Waals surface area contributed by atoms with Gasteiger partial charge in [0.15, 0.2) is 17.8 Å². The maximum Gasteiger partial charge on any atom is 0.330 e. The predicted octanol–water partition coefficient (Wildman–Crippen LogP) is -1.21. The number of carbonyl (C=O) groups excluding carboxylic acids is 2. The molecule has 1 aromatic rings. The van der Waals surface area contributed by atoms with Crippen LogP contribution in [0.4, 0.5) is 0 Å². The van der Waals surface area contributed by atoms with E-state index in [4.69, 9.17) is 18.9 Å². The smallest absolute Gasteiger partial charge is 0.330 e. The van der Waals surface area contributed by atoms with Crippen molar-refractivity contribution in [2.75, 3.05) is 13.2 Å². The van der Waals surface area contributed by atoms with Gasteiger partial charge in [0.1, 0.15) is 43.7 Å². The van der Waals surface area contributed by atoms with Crippen molar-refractivity contribution in [2.45, 2.75) is 43.2 Å². The average Bonchev–Trinajstić information content (AvgIpc) is 3.13. The Morgan fingerprint density at radius 1 is 1.13 bits per heavy atom. The number of phenolic OH excluding ortho intramolecular Hbond substituents is 2. The number of hydrogen-bond acceptors (Lipinski definition) is 11. The molecule has 2 aliphatic rings. The summed E-state index contributed by atoms with van der Waals surface area (Å²) in [7, 11) is 0. The van der Waals surface area contributed by atoms with Crippen molar-refractivity contribution >= 4 is 18.0 Å². The van der Waals surface area contributed by atoms with Crippen LogP contribution >= 0.6 is 0 Å². The zero-order chi connectivity index (χ0) is 21.8. The van der Waals surface area contributed by atoms with Crippen LogP contribution in [0.15, 0.2) is 24.3 Å². The first kappa shape index (κ1) is 22.0. The van der Waals surface area contributed by atoms with Gasteiger partial charge in [-0.1, -0.05) is 6.07 Å². The monoisotopic (exact) mass is 426 g/mol. The number of rotatable bonds is 6. The molecule has 0 unspecified atom stereocenters. The highest BCUT2D eigenvalue weighted by Gasteiger charge is 2.46. The van der Waals surface area contributed by atoms with Crippen LogP contribution in [0.2, 0.25) is 0 Å². The second-order valence-corrected chi connectivity index (χ2v) is 6.87. The largest absolute Gasteiger partial charge is 0.504 e. The third-order valence-corrected chi connectivity index (χ3v) is 4.62. The lowest BCUT2D eigenvalue weighted by Crippen LogP contribution is -2.60. The maximum atomic E-state index is 11.9. The first-order chi connectivity index (χ1) is 14.2. The summed E-state index contributed by atoms with van der Waals surface area (Å²) < 4.78 is 20.6. The summed E-state index contributed by atoms with van der Waals surface area (Å²) in [5, 5.41) is 48.8. The van der Waals surface area contributed by atoms with Gasteiger partial charge in [-0.15, -0.1) is 0 Å². The summed E-state index contributed by atoms with van der Waals surface area (Å²) in [6.07, 6.45) is -5.63. The molecule has 11 heteroatoms. The fraction of sp³-hybridized carbons (Fsp3) is 0.474. The molecule has 2 heterocycles. The highest BCUT2D eigenvalue weighted by Crippen LogP contribution is 2.26. The summed E-state index contributed by atoms with van der Waals surface area (Å²) in [4.78, 5) is 23.1.